The molecule has 0 saturated carbocycles. The highest BCUT2D eigenvalue weighted by atomic mass is 16.5. The van der Waals surface area contributed by atoms with Crippen molar-refractivity contribution in [2.24, 2.45) is 0 Å². The summed E-state index contributed by atoms with van der Waals surface area (Å²) in [7, 11) is 3.16. The Kier molecular flexibility index (Phi) is 6.59. The van der Waals surface area contributed by atoms with Crippen molar-refractivity contribution in [2.45, 2.75) is 6.42 Å². The standard InChI is InChI=1S/C19H20N2O4/c1-24-17-7-3-14(4-8-17)20-12-11-16(22)13-19(23)21-15-5-9-18(25-2)10-6-15/h3-12,20H,13H2,1-2H3,(H,21,23)/b12-11-. The molecule has 6 heteroatoms. The fraction of sp³-hybridized carbons (Fsp3) is 0.158. The van der Waals surface area contributed by atoms with Crippen LogP contribution in [-0.2, 0) is 9.59 Å². The van der Waals surface area contributed by atoms with Gasteiger partial charge < -0.3 is 20.1 Å². The summed E-state index contributed by atoms with van der Waals surface area (Å²) < 4.78 is 10.1. The van der Waals surface area contributed by atoms with Gasteiger partial charge in [-0.25, -0.2) is 0 Å². The molecule has 2 aromatic carbocycles. The number of hydrogen-bond acceptors (Lipinski definition) is 5. The van der Waals surface area contributed by atoms with Gasteiger partial charge in [-0.3, -0.25) is 9.59 Å². The minimum atomic E-state index is -0.371. The molecule has 0 radical (unpaired) electrons. The molecular formula is C19H20N2O4. The van der Waals surface area contributed by atoms with Crippen LogP contribution in [0.1, 0.15) is 6.42 Å². The fourth-order valence-electron chi connectivity index (χ4n) is 2.01. The molecule has 1 amide bonds. The number of ketones is 1. The summed E-state index contributed by atoms with van der Waals surface area (Å²) in [5.74, 6) is 0.777. The molecule has 0 heterocycles. The second kappa shape index (κ2) is 9.12. The predicted molar refractivity (Wildman–Crippen MR) is 97.0 cm³/mol. The number of hydrogen-bond donors (Lipinski definition) is 2. The Morgan fingerprint density at radius 1 is 0.880 bits per heavy atom. The number of methoxy groups -OCH3 is 2. The molecule has 2 N–H and O–H groups in total. The van der Waals surface area contributed by atoms with Crippen LogP contribution >= 0.6 is 0 Å². The number of carbonyl (C=O) groups excluding carboxylic acids is 2. The third-order valence-corrected chi connectivity index (χ3v) is 3.32. The third-order valence-electron chi connectivity index (χ3n) is 3.32. The van der Waals surface area contributed by atoms with Gasteiger partial charge in [0, 0.05) is 17.6 Å². The lowest BCUT2D eigenvalue weighted by atomic mass is 10.2. The monoisotopic (exact) mass is 340 g/mol. The first kappa shape index (κ1) is 18.1. The summed E-state index contributed by atoms with van der Waals surface area (Å²) in [5.41, 5.74) is 1.42. The van der Waals surface area contributed by atoms with Crippen LogP contribution < -0.4 is 20.1 Å². The molecule has 25 heavy (non-hydrogen) atoms. The van der Waals surface area contributed by atoms with E-state index in [9.17, 15) is 9.59 Å². The zero-order chi connectivity index (χ0) is 18.1. The van der Waals surface area contributed by atoms with Crippen LogP contribution in [0.3, 0.4) is 0 Å². The molecule has 0 spiro atoms. The molecule has 0 saturated heterocycles. The predicted octanol–water partition coefficient (Wildman–Crippen LogP) is 3.23. The molecular weight excluding hydrogens is 320 g/mol. The molecule has 0 aliphatic rings. The van der Waals surface area contributed by atoms with Crippen LogP contribution in [-0.4, -0.2) is 25.9 Å². The first-order chi connectivity index (χ1) is 12.1. The van der Waals surface area contributed by atoms with Crippen LogP contribution in [0.15, 0.2) is 60.8 Å². The molecule has 0 fully saturated rings. The van der Waals surface area contributed by atoms with Gasteiger partial charge in [0.1, 0.15) is 11.5 Å². The Hall–Kier alpha value is -3.28. The van der Waals surface area contributed by atoms with Crippen molar-refractivity contribution in [3.8, 4) is 11.5 Å². The van der Waals surface area contributed by atoms with E-state index in [0.717, 1.165) is 11.4 Å². The molecule has 0 unspecified atom stereocenters. The Labute approximate surface area is 146 Å². The van der Waals surface area contributed by atoms with Crippen molar-refractivity contribution in [1.82, 2.24) is 0 Å². The van der Waals surface area contributed by atoms with Gasteiger partial charge in [0.05, 0.1) is 20.6 Å². The lowest BCUT2D eigenvalue weighted by Gasteiger charge is -2.05. The number of nitrogens with one attached hydrogen (secondary N) is 2. The van der Waals surface area contributed by atoms with Crippen molar-refractivity contribution in [1.29, 1.82) is 0 Å². The lowest BCUT2D eigenvalue weighted by molar-refractivity contribution is -0.122. The van der Waals surface area contributed by atoms with E-state index in [1.165, 1.54) is 12.3 Å². The summed E-state index contributed by atoms with van der Waals surface area (Å²) in [6.07, 6.45) is 2.61. The number of rotatable bonds is 8. The third kappa shape index (κ3) is 6.02. The maximum absolute atomic E-state index is 11.8. The van der Waals surface area contributed by atoms with Crippen LogP contribution in [0.2, 0.25) is 0 Å². The average molecular weight is 340 g/mol. The van der Waals surface area contributed by atoms with Crippen molar-refractivity contribution in [3.63, 3.8) is 0 Å². The molecule has 0 aromatic heterocycles. The molecule has 0 bridgehead atoms. The lowest BCUT2D eigenvalue weighted by Crippen LogP contribution is -2.15. The zero-order valence-electron chi connectivity index (χ0n) is 14.1. The maximum Gasteiger partial charge on any atom is 0.232 e. The van der Waals surface area contributed by atoms with Crippen LogP contribution in [0.5, 0.6) is 11.5 Å². The van der Waals surface area contributed by atoms with E-state index in [2.05, 4.69) is 10.6 Å². The number of allylic oxidation sites excluding steroid dienone is 1. The number of amides is 1. The second-order valence-electron chi connectivity index (χ2n) is 5.13. The van der Waals surface area contributed by atoms with Crippen molar-refractivity contribution >= 4 is 23.1 Å². The number of ether oxygens (including phenoxy) is 2. The van der Waals surface area contributed by atoms with E-state index in [-0.39, 0.29) is 18.1 Å². The summed E-state index contributed by atoms with van der Waals surface area (Å²) in [5, 5.41) is 5.62. The summed E-state index contributed by atoms with van der Waals surface area (Å²) >= 11 is 0. The van der Waals surface area contributed by atoms with Gasteiger partial charge in [-0.1, -0.05) is 0 Å². The molecule has 2 rings (SSSR count). The highest BCUT2D eigenvalue weighted by molar-refractivity contribution is 6.08. The summed E-state index contributed by atoms with van der Waals surface area (Å²) in [6.45, 7) is 0. The van der Waals surface area contributed by atoms with Crippen LogP contribution in [0.25, 0.3) is 0 Å². The Morgan fingerprint density at radius 2 is 1.40 bits per heavy atom. The minimum Gasteiger partial charge on any atom is -0.497 e. The van der Waals surface area contributed by atoms with E-state index in [4.69, 9.17) is 9.47 Å². The average Bonchev–Trinajstić information content (AvgIpc) is 2.63. The normalized spacial score (nSPS) is 10.3. The Balaban J connectivity index is 1.78. The van der Waals surface area contributed by atoms with Gasteiger partial charge in [0.2, 0.25) is 5.91 Å². The van der Waals surface area contributed by atoms with E-state index in [0.29, 0.717) is 11.4 Å². The quantitative estimate of drug-likeness (QED) is 0.570. The van der Waals surface area contributed by atoms with Crippen molar-refractivity contribution in [2.75, 3.05) is 24.9 Å². The molecule has 0 aliphatic carbocycles. The van der Waals surface area contributed by atoms with E-state index < -0.39 is 0 Å². The van der Waals surface area contributed by atoms with E-state index in [1.54, 1.807) is 50.6 Å². The molecule has 130 valence electrons. The minimum absolute atomic E-state index is 0.229. The molecule has 0 atom stereocenters. The first-order valence-corrected chi connectivity index (χ1v) is 7.64. The zero-order valence-corrected chi connectivity index (χ0v) is 14.1. The van der Waals surface area contributed by atoms with Gasteiger partial charge in [0.15, 0.2) is 5.78 Å². The molecule has 6 nitrogen and oxygen atoms in total. The Morgan fingerprint density at radius 3 is 1.92 bits per heavy atom. The number of benzene rings is 2. The van der Waals surface area contributed by atoms with Gasteiger partial charge in [-0.05, 0) is 54.6 Å². The molecule has 0 aliphatic heterocycles. The molecule has 2 aromatic rings. The fourth-order valence-corrected chi connectivity index (χ4v) is 2.01. The second-order valence-corrected chi connectivity index (χ2v) is 5.13. The van der Waals surface area contributed by atoms with Gasteiger partial charge in [0.25, 0.3) is 0 Å². The van der Waals surface area contributed by atoms with Crippen molar-refractivity contribution < 1.29 is 19.1 Å². The van der Waals surface area contributed by atoms with Gasteiger partial charge >= 0.3 is 0 Å². The topological polar surface area (TPSA) is 76.7 Å². The summed E-state index contributed by atoms with van der Waals surface area (Å²) in [4.78, 5) is 23.7. The number of anilines is 2. The summed E-state index contributed by atoms with van der Waals surface area (Å²) in [6, 6.07) is 14.1. The van der Waals surface area contributed by atoms with E-state index in [1.807, 2.05) is 12.1 Å². The van der Waals surface area contributed by atoms with Gasteiger partial charge in [-0.15, -0.1) is 0 Å². The SMILES string of the molecule is COc1ccc(N/C=C\C(=O)CC(=O)Nc2ccc(OC)cc2)cc1. The highest BCUT2D eigenvalue weighted by Crippen LogP contribution is 2.16. The van der Waals surface area contributed by atoms with E-state index >= 15 is 0 Å². The largest absolute Gasteiger partial charge is 0.497 e. The highest BCUT2D eigenvalue weighted by Gasteiger charge is 2.07. The van der Waals surface area contributed by atoms with Gasteiger partial charge in [-0.2, -0.15) is 0 Å². The maximum atomic E-state index is 11.8. The smallest absolute Gasteiger partial charge is 0.232 e. The van der Waals surface area contributed by atoms with Crippen LogP contribution in [0.4, 0.5) is 11.4 Å². The van der Waals surface area contributed by atoms with Crippen molar-refractivity contribution in [3.05, 3.63) is 60.8 Å². The van der Waals surface area contributed by atoms with Crippen LogP contribution in [0, 0.1) is 0 Å². The first-order valence-electron chi connectivity index (χ1n) is 7.64. The number of carbonyl (C=O) groups is 2. The Bertz CT molecular complexity index is 737.